The number of carbonyl (C=O) groups excluding carboxylic acids is 1. The van der Waals surface area contributed by atoms with E-state index in [9.17, 15) is 4.79 Å². The van der Waals surface area contributed by atoms with Gasteiger partial charge in [-0.25, -0.2) is 4.68 Å². The fraction of sp³-hybridized carbons (Fsp3) is 0.360. The molecule has 0 aliphatic carbocycles. The lowest BCUT2D eigenvalue weighted by Gasteiger charge is -2.34. The molecule has 1 aliphatic rings. The molecule has 3 aromatic heterocycles. The predicted octanol–water partition coefficient (Wildman–Crippen LogP) is 5.03. The molecule has 1 amide bonds. The summed E-state index contributed by atoms with van der Waals surface area (Å²) < 4.78 is 5.35. The van der Waals surface area contributed by atoms with Gasteiger partial charge in [0, 0.05) is 60.5 Å². The average Bonchev–Trinajstić information content (AvgIpc) is 3.48. The van der Waals surface area contributed by atoms with Crippen molar-refractivity contribution in [3.8, 4) is 5.69 Å². The molecule has 0 N–H and O–H groups in total. The summed E-state index contributed by atoms with van der Waals surface area (Å²) in [5, 5.41) is 5.76. The Labute approximate surface area is 206 Å². The Kier molecular flexibility index (Phi) is 6.16. The molecule has 1 aromatic carbocycles. The van der Waals surface area contributed by atoms with Gasteiger partial charge in [0.25, 0.3) is 5.91 Å². The van der Waals surface area contributed by atoms with Crippen molar-refractivity contribution >= 4 is 43.4 Å². The summed E-state index contributed by atoms with van der Waals surface area (Å²) >= 11 is 5.03. The SMILES string of the molecule is Cc1nn(-c2ccc(Br)cc2)c2sc(C(=O)N3CCN(CCn4c(C)ccc4C)CC3)cc12. The number of amides is 1. The number of aromatic nitrogens is 3. The standard InChI is InChI=1S/C25H28BrN5OS/c1-17-4-5-18(2)30(17)15-12-28-10-13-29(14-11-28)24(32)23-16-22-19(3)27-31(25(22)33-23)21-8-6-20(26)7-9-21/h4-9,16H,10-15H2,1-3H3. The molecule has 4 aromatic rings. The minimum Gasteiger partial charge on any atom is -0.348 e. The highest BCUT2D eigenvalue weighted by Gasteiger charge is 2.25. The Hall–Kier alpha value is -2.42. The molecule has 5 rings (SSSR count). The van der Waals surface area contributed by atoms with Gasteiger partial charge in [0.1, 0.15) is 4.83 Å². The van der Waals surface area contributed by atoms with Gasteiger partial charge in [-0.2, -0.15) is 5.10 Å². The number of halogens is 1. The zero-order valence-corrected chi connectivity index (χ0v) is 21.6. The number of rotatable bonds is 5. The van der Waals surface area contributed by atoms with Crippen LogP contribution in [-0.2, 0) is 6.54 Å². The maximum absolute atomic E-state index is 13.3. The monoisotopic (exact) mass is 525 g/mol. The van der Waals surface area contributed by atoms with E-state index in [1.54, 1.807) is 0 Å². The molecule has 1 aliphatic heterocycles. The molecule has 172 valence electrons. The van der Waals surface area contributed by atoms with Crippen molar-refractivity contribution < 1.29 is 4.79 Å². The average molecular weight is 527 g/mol. The van der Waals surface area contributed by atoms with Crippen molar-refractivity contribution in [2.45, 2.75) is 27.3 Å². The van der Waals surface area contributed by atoms with E-state index < -0.39 is 0 Å². The van der Waals surface area contributed by atoms with Crippen LogP contribution < -0.4 is 0 Å². The third kappa shape index (κ3) is 4.39. The number of thiophene rings is 1. The Balaban J connectivity index is 1.26. The molecule has 0 unspecified atom stereocenters. The fourth-order valence-corrected chi connectivity index (χ4v) is 5.95. The first kappa shape index (κ1) is 22.4. The van der Waals surface area contributed by atoms with Gasteiger partial charge in [0.2, 0.25) is 0 Å². The predicted molar refractivity (Wildman–Crippen MR) is 138 cm³/mol. The third-order valence-corrected chi connectivity index (χ3v) is 8.17. The molecule has 4 heterocycles. The number of benzene rings is 1. The first-order valence-electron chi connectivity index (χ1n) is 11.3. The summed E-state index contributed by atoms with van der Waals surface area (Å²) in [6.07, 6.45) is 0. The molecule has 33 heavy (non-hydrogen) atoms. The maximum Gasteiger partial charge on any atom is 0.264 e. The number of hydrogen-bond donors (Lipinski definition) is 0. The van der Waals surface area contributed by atoms with E-state index in [1.165, 1.54) is 22.7 Å². The zero-order valence-electron chi connectivity index (χ0n) is 19.2. The third-order valence-electron chi connectivity index (χ3n) is 6.54. The molecular weight excluding hydrogens is 498 g/mol. The minimum atomic E-state index is 0.134. The molecule has 0 radical (unpaired) electrons. The Morgan fingerprint density at radius 3 is 2.30 bits per heavy atom. The normalized spacial score (nSPS) is 15.0. The van der Waals surface area contributed by atoms with E-state index >= 15 is 0 Å². The second kappa shape index (κ2) is 9.08. The quantitative estimate of drug-likeness (QED) is 0.367. The van der Waals surface area contributed by atoms with Gasteiger partial charge >= 0.3 is 0 Å². The van der Waals surface area contributed by atoms with Crippen LogP contribution in [0, 0.1) is 20.8 Å². The molecule has 1 fully saturated rings. The summed E-state index contributed by atoms with van der Waals surface area (Å²) in [5.74, 6) is 0.134. The van der Waals surface area contributed by atoms with Crippen LogP contribution in [0.4, 0.5) is 0 Å². The summed E-state index contributed by atoms with van der Waals surface area (Å²) in [5.41, 5.74) is 4.56. The van der Waals surface area contributed by atoms with Crippen LogP contribution in [0.2, 0.25) is 0 Å². The largest absolute Gasteiger partial charge is 0.348 e. The lowest BCUT2D eigenvalue weighted by molar-refractivity contribution is 0.0638. The van der Waals surface area contributed by atoms with Crippen LogP contribution in [-0.4, -0.2) is 62.8 Å². The van der Waals surface area contributed by atoms with Crippen molar-refractivity contribution in [2.24, 2.45) is 0 Å². The van der Waals surface area contributed by atoms with E-state index in [-0.39, 0.29) is 5.91 Å². The van der Waals surface area contributed by atoms with E-state index in [4.69, 9.17) is 5.10 Å². The van der Waals surface area contributed by atoms with E-state index in [0.717, 1.165) is 70.2 Å². The van der Waals surface area contributed by atoms with Crippen LogP contribution in [0.3, 0.4) is 0 Å². The topological polar surface area (TPSA) is 46.3 Å². The number of aryl methyl sites for hydroxylation is 3. The molecule has 0 atom stereocenters. The minimum absolute atomic E-state index is 0.134. The highest BCUT2D eigenvalue weighted by atomic mass is 79.9. The second-order valence-electron chi connectivity index (χ2n) is 8.70. The molecule has 0 bridgehead atoms. The van der Waals surface area contributed by atoms with Gasteiger partial charge < -0.3 is 9.47 Å². The first-order valence-corrected chi connectivity index (χ1v) is 12.9. The number of nitrogens with zero attached hydrogens (tertiary/aromatic N) is 5. The molecule has 1 saturated heterocycles. The van der Waals surface area contributed by atoms with E-state index in [1.807, 2.05) is 46.8 Å². The van der Waals surface area contributed by atoms with Crippen LogP contribution in [0.1, 0.15) is 26.8 Å². The van der Waals surface area contributed by atoms with Crippen molar-refractivity contribution in [3.05, 3.63) is 68.9 Å². The number of fused-ring (bicyclic) bond motifs is 1. The smallest absolute Gasteiger partial charge is 0.264 e. The van der Waals surface area contributed by atoms with Crippen molar-refractivity contribution in [2.75, 3.05) is 32.7 Å². The summed E-state index contributed by atoms with van der Waals surface area (Å²) in [6, 6.07) is 14.5. The summed E-state index contributed by atoms with van der Waals surface area (Å²) in [4.78, 5) is 19.6. The van der Waals surface area contributed by atoms with Crippen LogP contribution in [0.15, 0.2) is 46.9 Å². The molecule has 6 nitrogen and oxygen atoms in total. The van der Waals surface area contributed by atoms with E-state index in [0.29, 0.717) is 0 Å². The molecule has 0 saturated carbocycles. The van der Waals surface area contributed by atoms with Gasteiger partial charge in [-0.1, -0.05) is 15.9 Å². The highest BCUT2D eigenvalue weighted by molar-refractivity contribution is 9.10. The van der Waals surface area contributed by atoms with Crippen molar-refractivity contribution in [3.63, 3.8) is 0 Å². The van der Waals surface area contributed by atoms with Gasteiger partial charge in [0.05, 0.1) is 16.3 Å². The fourth-order valence-electron chi connectivity index (χ4n) is 4.53. The molecule has 0 spiro atoms. The Bertz CT molecular complexity index is 1280. The lowest BCUT2D eigenvalue weighted by Crippen LogP contribution is -2.49. The van der Waals surface area contributed by atoms with Crippen molar-refractivity contribution in [1.82, 2.24) is 24.1 Å². The summed E-state index contributed by atoms with van der Waals surface area (Å²) in [7, 11) is 0. The summed E-state index contributed by atoms with van der Waals surface area (Å²) in [6.45, 7) is 11.7. The van der Waals surface area contributed by atoms with Crippen LogP contribution in [0.25, 0.3) is 15.9 Å². The molecule has 8 heteroatoms. The highest BCUT2D eigenvalue weighted by Crippen LogP contribution is 2.31. The van der Waals surface area contributed by atoms with Gasteiger partial charge in [-0.15, -0.1) is 11.3 Å². The van der Waals surface area contributed by atoms with Gasteiger partial charge in [0.15, 0.2) is 0 Å². The van der Waals surface area contributed by atoms with E-state index in [2.05, 4.69) is 51.4 Å². The van der Waals surface area contributed by atoms with Gasteiger partial charge in [-0.3, -0.25) is 9.69 Å². The Morgan fingerprint density at radius 2 is 1.64 bits per heavy atom. The maximum atomic E-state index is 13.3. The number of piperazine rings is 1. The lowest BCUT2D eigenvalue weighted by atomic mass is 10.2. The van der Waals surface area contributed by atoms with Crippen molar-refractivity contribution in [1.29, 1.82) is 0 Å². The van der Waals surface area contributed by atoms with Crippen LogP contribution in [0.5, 0.6) is 0 Å². The molecular formula is C25H28BrN5OS. The van der Waals surface area contributed by atoms with Gasteiger partial charge in [-0.05, 0) is 63.2 Å². The Morgan fingerprint density at radius 1 is 0.970 bits per heavy atom. The first-order chi connectivity index (χ1) is 15.9. The number of carbonyl (C=O) groups is 1. The van der Waals surface area contributed by atoms with Crippen LogP contribution >= 0.6 is 27.3 Å². The number of hydrogen-bond acceptors (Lipinski definition) is 4. The zero-order chi connectivity index (χ0) is 23.1. The second-order valence-corrected chi connectivity index (χ2v) is 10.7.